The summed E-state index contributed by atoms with van der Waals surface area (Å²) in [5, 5.41) is 1.03. The highest BCUT2D eigenvalue weighted by molar-refractivity contribution is 6.08. The molecule has 1 aliphatic heterocycles. The fourth-order valence-electron chi connectivity index (χ4n) is 4.01. The van der Waals surface area contributed by atoms with Crippen LogP contribution in [-0.2, 0) is 17.8 Å². The molecule has 4 rings (SSSR count). The molecule has 0 spiro atoms. The van der Waals surface area contributed by atoms with Gasteiger partial charge in [-0.1, -0.05) is 12.1 Å². The SMILES string of the molecule is CCN(C(=O)c1ccc2[nH]c3c(c2c1)CN(C(C)=O)CC3)c1cccc(C)c1. The minimum atomic E-state index is -0.0100. The number of aromatic nitrogens is 1. The van der Waals surface area contributed by atoms with E-state index in [2.05, 4.69) is 4.98 Å². The number of H-pyrrole nitrogens is 1. The molecule has 2 heterocycles. The summed E-state index contributed by atoms with van der Waals surface area (Å²) in [6.45, 7) is 7.55. The Bertz CT molecular complexity index is 1070. The van der Waals surface area contributed by atoms with Crippen LogP contribution in [-0.4, -0.2) is 34.8 Å². The number of aromatic amines is 1. The van der Waals surface area contributed by atoms with Crippen LogP contribution in [0, 0.1) is 6.92 Å². The number of carbonyl (C=O) groups is 2. The average Bonchev–Trinajstić information content (AvgIpc) is 3.05. The van der Waals surface area contributed by atoms with Gasteiger partial charge in [-0.2, -0.15) is 0 Å². The Kier molecular flexibility index (Phi) is 4.67. The van der Waals surface area contributed by atoms with Crippen LogP contribution < -0.4 is 4.90 Å². The molecule has 0 saturated carbocycles. The monoisotopic (exact) mass is 375 g/mol. The number of hydrogen-bond donors (Lipinski definition) is 1. The normalized spacial score (nSPS) is 13.5. The number of hydrogen-bond acceptors (Lipinski definition) is 2. The van der Waals surface area contributed by atoms with Crippen LogP contribution in [0.25, 0.3) is 10.9 Å². The van der Waals surface area contributed by atoms with E-state index in [0.29, 0.717) is 18.7 Å². The maximum atomic E-state index is 13.2. The molecular formula is C23H25N3O2. The summed E-state index contributed by atoms with van der Waals surface area (Å²) in [4.78, 5) is 32.2. The molecule has 3 aromatic rings. The van der Waals surface area contributed by atoms with E-state index < -0.39 is 0 Å². The first-order valence-electron chi connectivity index (χ1n) is 9.75. The lowest BCUT2D eigenvalue weighted by atomic mass is 10.0. The van der Waals surface area contributed by atoms with E-state index in [-0.39, 0.29) is 11.8 Å². The molecule has 0 aliphatic carbocycles. The van der Waals surface area contributed by atoms with Crippen molar-refractivity contribution in [3.8, 4) is 0 Å². The Labute approximate surface area is 165 Å². The summed E-state index contributed by atoms with van der Waals surface area (Å²) in [6.07, 6.45) is 0.817. The zero-order valence-corrected chi connectivity index (χ0v) is 16.6. The van der Waals surface area contributed by atoms with E-state index in [9.17, 15) is 9.59 Å². The van der Waals surface area contributed by atoms with Crippen molar-refractivity contribution < 1.29 is 9.59 Å². The molecule has 0 saturated heterocycles. The van der Waals surface area contributed by atoms with Crippen molar-refractivity contribution in [2.45, 2.75) is 33.7 Å². The third-order valence-electron chi connectivity index (χ3n) is 5.54. The third kappa shape index (κ3) is 3.17. The maximum Gasteiger partial charge on any atom is 0.258 e. The molecule has 0 bridgehead atoms. The van der Waals surface area contributed by atoms with Crippen molar-refractivity contribution in [3.63, 3.8) is 0 Å². The van der Waals surface area contributed by atoms with Crippen molar-refractivity contribution in [3.05, 3.63) is 64.8 Å². The first-order valence-corrected chi connectivity index (χ1v) is 9.75. The van der Waals surface area contributed by atoms with Crippen LogP contribution >= 0.6 is 0 Å². The van der Waals surface area contributed by atoms with Crippen LogP contribution in [0.4, 0.5) is 5.69 Å². The van der Waals surface area contributed by atoms with E-state index in [1.54, 1.807) is 11.8 Å². The Morgan fingerprint density at radius 3 is 2.71 bits per heavy atom. The van der Waals surface area contributed by atoms with Gasteiger partial charge in [-0.25, -0.2) is 0 Å². The number of benzene rings is 2. The van der Waals surface area contributed by atoms with Gasteiger partial charge in [-0.3, -0.25) is 9.59 Å². The quantitative estimate of drug-likeness (QED) is 0.751. The molecule has 0 atom stereocenters. The summed E-state index contributed by atoms with van der Waals surface area (Å²) in [6, 6.07) is 13.8. The van der Waals surface area contributed by atoms with Crippen molar-refractivity contribution in [2.24, 2.45) is 0 Å². The number of carbonyl (C=O) groups excluding carboxylic acids is 2. The van der Waals surface area contributed by atoms with Gasteiger partial charge >= 0.3 is 0 Å². The summed E-state index contributed by atoms with van der Waals surface area (Å²) in [5.74, 6) is 0.0769. The highest BCUT2D eigenvalue weighted by Gasteiger charge is 2.23. The smallest absolute Gasteiger partial charge is 0.258 e. The molecular weight excluding hydrogens is 350 g/mol. The van der Waals surface area contributed by atoms with Gasteiger partial charge in [0.25, 0.3) is 5.91 Å². The van der Waals surface area contributed by atoms with E-state index >= 15 is 0 Å². The summed E-state index contributed by atoms with van der Waals surface area (Å²) >= 11 is 0. The highest BCUT2D eigenvalue weighted by atomic mass is 16.2. The summed E-state index contributed by atoms with van der Waals surface area (Å²) in [7, 11) is 0. The highest BCUT2D eigenvalue weighted by Crippen LogP contribution is 2.29. The lowest BCUT2D eigenvalue weighted by molar-refractivity contribution is -0.129. The predicted molar refractivity (Wildman–Crippen MR) is 112 cm³/mol. The van der Waals surface area contributed by atoms with Gasteiger partial charge in [0.05, 0.1) is 0 Å². The molecule has 2 amide bonds. The fourth-order valence-corrected chi connectivity index (χ4v) is 4.01. The second-order valence-corrected chi connectivity index (χ2v) is 7.42. The van der Waals surface area contributed by atoms with E-state index in [0.717, 1.165) is 40.7 Å². The average molecular weight is 375 g/mol. The van der Waals surface area contributed by atoms with Gasteiger partial charge in [0.2, 0.25) is 5.91 Å². The number of aryl methyl sites for hydroxylation is 1. The molecule has 5 heteroatoms. The van der Waals surface area contributed by atoms with Crippen molar-refractivity contribution in [1.82, 2.24) is 9.88 Å². The van der Waals surface area contributed by atoms with Gasteiger partial charge in [-0.15, -0.1) is 0 Å². The summed E-state index contributed by atoms with van der Waals surface area (Å²) < 4.78 is 0. The minimum absolute atomic E-state index is 0.0100. The van der Waals surface area contributed by atoms with Crippen LogP contribution in [0.15, 0.2) is 42.5 Å². The zero-order chi connectivity index (χ0) is 19.8. The van der Waals surface area contributed by atoms with Crippen LogP contribution in [0.2, 0.25) is 0 Å². The second-order valence-electron chi connectivity index (χ2n) is 7.42. The van der Waals surface area contributed by atoms with Crippen molar-refractivity contribution >= 4 is 28.4 Å². The van der Waals surface area contributed by atoms with Gasteiger partial charge in [0.1, 0.15) is 0 Å². The van der Waals surface area contributed by atoms with Crippen LogP contribution in [0.3, 0.4) is 0 Å². The Hall–Kier alpha value is -3.08. The Morgan fingerprint density at radius 1 is 1.18 bits per heavy atom. The molecule has 2 aromatic carbocycles. The molecule has 144 valence electrons. The van der Waals surface area contributed by atoms with Crippen LogP contribution in [0.1, 0.15) is 41.0 Å². The largest absolute Gasteiger partial charge is 0.358 e. The number of nitrogens with one attached hydrogen (secondary N) is 1. The fraction of sp³-hybridized carbons (Fsp3) is 0.304. The molecule has 1 aromatic heterocycles. The minimum Gasteiger partial charge on any atom is -0.358 e. The molecule has 1 aliphatic rings. The molecule has 0 fully saturated rings. The standard InChI is InChI=1S/C23H25N3O2/c1-4-26(18-7-5-6-15(2)12-18)23(28)17-8-9-21-19(13-17)20-14-25(16(3)27)11-10-22(20)24-21/h5-9,12-13,24H,4,10-11,14H2,1-3H3. The number of rotatable bonds is 3. The lowest BCUT2D eigenvalue weighted by Crippen LogP contribution is -2.34. The van der Waals surface area contributed by atoms with E-state index in [1.807, 2.05) is 61.2 Å². The number of amides is 2. The lowest BCUT2D eigenvalue weighted by Gasteiger charge is -2.26. The number of anilines is 1. The van der Waals surface area contributed by atoms with Crippen molar-refractivity contribution in [1.29, 1.82) is 0 Å². The first kappa shape index (κ1) is 18.3. The topological polar surface area (TPSA) is 56.4 Å². The molecule has 28 heavy (non-hydrogen) atoms. The van der Waals surface area contributed by atoms with Gasteiger partial charge in [-0.05, 0) is 49.7 Å². The molecule has 0 radical (unpaired) electrons. The van der Waals surface area contributed by atoms with Gasteiger partial charge in [0.15, 0.2) is 0 Å². The zero-order valence-electron chi connectivity index (χ0n) is 16.6. The second kappa shape index (κ2) is 7.15. The third-order valence-corrected chi connectivity index (χ3v) is 5.54. The van der Waals surface area contributed by atoms with Gasteiger partial charge in [0, 0.05) is 66.4 Å². The predicted octanol–water partition coefficient (Wildman–Crippen LogP) is 4.05. The summed E-state index contributed by atoms with van der Waals surface area (Å²) in [5.41, 5.74) is 6.02. The molecule has 0 unspecified atom stereocenters. The molecule has 5 nitrogen and oxygen atoms in total. The number of nitrogens with zero attached hydrogens (tertiary/aromatic N) is 2. The number of fused-ring (bicyclic) bond motifs is 3. The Balaban J connectivity index is 1.72. The maximum absolute atomic E-state index is 13.2. The Morgan fingerprint density at radius 2 is 2.00 bits per heavy atom. The first-order chi connectivity index (χ1) is 13.5. The van der Waals surface area contributed by atoms with E-state index in [1.165, 1.54) is 5.69 Å². The van der Waals surface area contributed by atoms with Crippen LogP contribution in [0.5, 0.6) is 0 Å². The van der Waals surface area contributed by atoms with Gasteiger partial charge < -0.3 is 14.8 Å². The van der Waals surface area contributed by atoms with E-state index in [4.69, 9.17) is 0 Å². The molecule has 1 N–H and O–H groups in total. The van der Waals surface area contributed by atoms with Crippen molar-refractivity contribution in [2.75, 3.05) is 18.0 Å².